The van der Waals surface area contributed by atoms with Crippen LogP contribution in [0.3, 0.4) is 0 Å². The summed E-state index contributed by atoms with van der Waals surface area (Å²) in [6.45, 7) is 0.639. The van der Waals surface area contributed by atoms with Crippen LogP contribution in [0.15, 0.2) is 17.3 Å². The van der Waals surface area contributed by atoms with Crippen LogP contribution in [-0.4, -0.2) is 41.4 Å². The molecule has 4 N–H and O–H groups in total. The van der Waals surface area contributed by atoms with Gasteiger partial charge in [-0.05, 0) is 6.26 Å². The molecule has 0 fully saturated rings. The number of hydrogen-bond donors (Lipinski definition) is 3. The monoisotopic (exact) mass is 311 g/mol. The molecule has 2 aromatic heterocycles. The number of thiophene rings is 1. The van der Waals surface area contributed by atoms with Gasteiger partial charge in [0, 0.05) is 32.4 Å². The predicted octanol–water partition coefficient (Wildman–Crippen LogP) is 2.09. The lowest BCUT2D eigenvalue weighted by Crippen LogP contribution is -2.21. The van der Waals surface area contributed by atoms with Crippen LogP contribution in [-0.2, 0) is 6.54 Å². The van der Waals surface area contributed by atoms with E-state index < -0.39 is 0 Å². The van der Waals surface area contributed by atoms with Crippen molar-refractivity contribution in [2.45, 2.75) is 11.4 Å². The highest BCUT2D eigenvalue weighted by Crippen LogP contribution is 2.42. The number of aromatic nitrogens is 2. The van der Waals surface area contributed by atoms with Crippen molar-refractivity contribution in [3.63, 3.8) is 0 Å². The van der Waals surface area contributed by atoms with Crippen LogP contribution in [0.5, 0.6) is 0 Å². The van der Waals surface area contributed by atoms with Crippen LogP contribution in [0, 0.1) is 0 Å². The second-order valence-corrected chi connectivity index (χ2v) is 6.20. The number of aromatic amines is 1. The Morgan fingerprint density at radius 3 is 2.90 bits per heavy atom. The number of rotatable bonds is 5. The van der Waals surface area contributed by atoms with E-state index in [0.717, 1.165) is 15.5 Å². The Morgan fingerprint density at radius 1 is 1.60 bits per heavy atom. The molecule has 20 heavy (non-hydrogen) atoms. The van der Waals surface area contributed by atoms with Crippen molar-refractivity contribution in [2.75, 3.05) is 31.4 Å². The molecule has 0 unspecified atom stereocenters. The third-order valence-electron chi connectivity index (χ3n) is 2.71. The summed E-state index contributed by atoms with van der Waals surface area (Å²) < 4.78 is 0. The first-order chi connectivity index (χ1) is 9.54. The average molecular weight is 311 g/mol. The van der Waals surface area contributed by atoms with Crippen molar-refractivity contribution >= 4 is 39.7 Å². The number of carbonyl (C=O) groups is 1. The summed E-state index contributed by atoms with van der Waals surface area (Å²) in [6, 6.07) is 0. The van der Waals surface area contributed by atoms with Gasteiger partial charge in [-0.3, -0.25) is 9.89 Å². The summed E-state index contributed by atoms with van der Waals surface area (Å²) in [5.74, 6) is -0.0702. The molecule has 0 bridgehead atoms. The van der Waals surface area contributed by atoms with Gasteiger partial charge >= 0.3 is 0 Å². The van der Waals surface area contributed by atoms with Crippen molar-refractivity contribution in [1.82, 2.24) is 15.1 Å². The fourth-order valence-electron chi connectivity index (χ4n) is 1.67. The Hall–Kier alpha value is -1.67. The smallest absolute Gasteiger partial charge is 0.265 e. The van der Waals surface area contributed by atoms with E-state index >= 15 is 0 Å². The maximum Gasteiger partial charge on any atom is 0.265 e. The maximum atomic E-state index is 12.1. The molecular weight excluding hydrogens is 294 g/mol. The summed E-state index contributed by atoms with van der Waals surface area (Å²) in [6.07, 6.45) is 5.54. The van der Waals surface area contributed by atoms with Crippen LogP contribution >= 0.6 is 23.1 Å². The van der Waals surface area contributed by atoms with Gasteiger partial charge in [0.15, 0.2) is 0 Å². The molecule has 0 saturated heterocycles. The lowest BCUT2D eigenvalue weighted by Gasteiger charge is -2.08. The number of nitrogens with zero attached hydrogens (tertiary/aromatic N) is 2. The SMILES string of the molecule is CSc1c(NCc2cn[nH]c2)sc(C(=O)N(C)C)c1N. The Kier molecular flexibility index (Phi) is 4.56. The molecule has 0 aliphatic rings. The Morgan fingerprint density at radius 2 is 2.35 bits per heavy atom. The number of carbonyl (C=O) groups excluding carboxylic acids is 1. The van der Waals surface area contributed by atoms with E-state index in [1.54, 1.807) is 20.3 Å². The van der Waals surface area contributed by atoms with Crippen molar-refractivity contribution in [1.29, 1.82) is 0 Å². The largest absolute Gasteiger partial charge is 0.396 e. The van der Waals surface area contributed by atoms with E-state index in [1.165, 1.54) is 28.0 Å². The lowest BCUT2D eigenvalue weighted by molar-refractivity contribution is 0.0833. The third-order valence-corrected chi connectivity index (χ3v) is 4.82. The molecule has 0 spiro atoms. The normalized spacial score (nSPS) is 10.6. The van der Waals surface area contributed by atoms with Crippen molar-refractivity contribution in [2.24, 2.45) is 0 Å². The summed E-state index contributed by atoms with van der Waals surface area (Å²) in [4.78, 5) is 15.1. The first-order valence-electron chi connectivity index (χ1n) is 5.94. The summed E-state index contributed by atoms with van der Waals surface area (Å²) in [7, 11) is 3.44. The molecule has 2 aromatic rings. The van der Waals surface area contributed by atoms with Crippen molar-refractivity contribution in [3.8, 4) is 0 Å². The predicted molar refractivity (Wildman–Crippen MR) is 84.4 cm³/mol. The molecule has 2 rings (SSSR count). The quantitative estimate of drug-likeness (QED) is 0.736. The number of nitrogens with one attached hydrogen (secondary N) is 2. The van der Waals surface area contributed by atoms with Crippen LogP contribution in [0.2, 0.25) is 0 Å². The van der Waals surface area contributed by atoms with Gasteiger partial charge in [-0.2, -0.15) is 5.10 Å². The second kappa shape index (κ2) is 6.19. The topological polar surface area (TPSA) is 87.0 Å². The number of nitrogens with two attached hydrogens (primary N) is 1. The van der Waals surface area contributed by atoms with Crippen LogP contribution in [0.1, 0.15) is 15.2 Å². The van der Waals surface area contributed by atoms with Gasteiger partial charge < -0.3 is 16.0 Å². The highest BCUT2D eigenvalue weighted by atomic mass is 32.2. The van der Waals surface area contributed by atoms with Crippen molar-refractivity contribution < 1.29 is 4.79 Å². The van der Waals surface area contributed by atoms with Gasteiger partial charge in [-0.25, -0.2) is 0 Å². The molecule has 8 heteroatoms. The lowest BCUT2D eigenvalue weighted by atomic mass is 10.3. The van der Waals surface area contributed by atoms with Crippen LogP contribution in [0.4, 0.5) is 10.7 Å². The summed E-state index contributed by atoms with van der Waals surface area (Å²) in [5.41, 5.74) is 7.68. The molecule has 0 saturated carbocycles. The number of nitrogen functional groups attached to an aromatic ring is 1. The molecule has 1 amide bonds. The van der Waals surface area contributed by atoms with E-state index in [0.29, 0.717) is 17.1 Å². The van der Waals surface area contributed by atoms with Crippen molar-refractivity contribution in [3.05, 3.63) is 22.8 Å². The fourth-order valence-corrected chi connectivity index (χ4v) is 3.72. The Bertz CT molecular complexity index is 591. The van der Waals surface area contributed by atoms with Gasteiger partial charge in [0.05, 0.1) is 16.8 Å². The molecule has 0 aliphatic heterocycles. The highest BCUT2D eigenvalue weighted by molar-refractivity contribution is 7.99. The van der Waals surface area contributed by atoms with Crippen LogP contribution < -0.4 is 11.1 Å². The Labute approximate surface area is 125 Å². The zero-order chi connectivity index (χ0) is 14.7. The number of thioether (sulfide) groups is 1. The fraction of sp³-hybridized carbons (Fsp3) is 0.333. The van der Waals surface area contributed by atoms with E-state index in [1.807, 2.05) is 12.5 Å². The summed E-state index contributed by atoms with van der Waals surface area (Å²) in [5, 5.41) is 10.9. The number of anilines is 2. The highest BCUT2D eigenvalue weighted by Gasteiger charge is 2.21. The second-order valence-electron chi connectivity index (χ2n) is 4.37. The van der Waals surface area contributed by atoms with Gasteiger partial charge in [-0.15, -0.1) is 23.1 Å². The zero-order valence-electron chi connectivity index (χ0n) is 11.6. The molecule has 2 heterocycles. The number of H-pyrrole nitrogens is 1. The number of hydrogen-bond acceptors (Lipinski definition) is 6. The minimum atomic E-state index is -0.0702. The molecular formula is C12H17N5OS2. The average Bonchev–Trinajstić information content (AvgIpc) is 3.03. The zero-order valence-corrected chi connectivity index (χ0v) is 13.2. The van der Waals surface area contributed by atoms with Gasteiger partial charge in [0.1, 0.15) is 9.88 Å². The number of amides is 1. The third kappa shape index (κ3) is 2.91. The van der Waals surface area contributed by atoms with E-state index in [-0.39, 0.29) is 5.91 Å². The molecule has 0 aliphatic carbocycles. The Balaban J connectivity index is 2.24. The molecule has 6 nitrogen and oxygen atoms in total. The van der Waals surface area contributed by atoms with Gasteiger partial charge in [0.2, 0.25) is 0 Å². The van der Waals surface area contributed by atoms with Crippen LogP contribution in [0.25, 0.3) is 0 Å². The van der Waals surface area contributed by atoms with Gasteiger partial charge in [0.25, 0.3) is 5.91 Å². The van der Waals surface area contributed by atoms with E-state index in [2.05, 4.69) is 15.5 Å². The molecule has 0 aromatic carbocycles. The standard InChI is InChI=1S/C12H17N5OS2/c1-17(2)12(18)10-8(13)9(19-3)11(20-10)14-4-7-5-15-16-6-7/h5-6,14H,4,13H2,1-3H3,(H,15,16). The molecule has 108 valence electrons. The first kappa shape index (κ1) is 14.7. The van der Waals surface area contributed by atoms with Gasteiger partial charge in [-0.1, -0.05) is 0 Å². The maximum absolute atomic E-state index is 12.1. The van der Waals surface area contributed by atoms with E-state index in [9.17, 15) is 4.79 Å². The van der Waals surface area contributed by atoms with E-state index in [4.69, 9.17) is 5.73 Å². The molecule has 0 radical (unpaired) electrons. The summed E-state index contributed by atoms with van der Waals surface area (Å²) >= 11 is 2.93. The minimum absolute atomic E-state index is 0.0702. The molecule has 0 atom stereocenters. The minimum Gasteiger partial charge on any atom is -0.396 e. The first-order valence-corrected chi connectivity index (χ1v) is 7.98.